The van der Waals surface area contributed by atoms with E-state index in [0.717, 1.165) is 31.6 Å². The van der Waals surface area contributed by atoms with Gasteiger partial charge in [0.05, 0.1) is 15.1 Å². The summed E-state index contributed by atoms with van der Waals surface area (Å²) in [5.41, 5.74) is 0.984. The molecule has 5 heteroatoms. The van der Waals surface area contributed by atoms with Crippen molar-refractivity contribution in [3.63, 3.8) is 0 Å². The van der Waals surface area contributed by atoms with Gasteiger partial charge in [0.15, 0.2) is 0 Å². The van der Waals surface area contributed by atoms with Gasteiger partial charge in [-0.15, -0.1) is 0 Å². The highest BCUT2D eigenvalue weighted by Gasteiger charge is 2.19. The molecule has 2 rings (SSSR count). The average Bonchev–Trinajstić information content (AvgIpc) is 2.37. The van der Waals surface area contributed by atoms with Crippen molar-refractivity contribution in [1.82, 2.24) is 5.32 Å². The fraction of sp³-hybridized carbons (Fsp3) is 0.538. The summed E-state index contributed by atoms with van der Waals surface area (Å²) in [6.45, 7) is 3.72. The van der Waals surface area contributed by atoms with Crippen molar-refractivity contribution in [3.8, 4) is 0 Å². The Bertz CT molecular complexity index is 419. The van der Waals surface area contributed by atoms with E-state index >= 15 is 0 Å². The summed E-state index contributed by atoms with van der Waals surface area (Å²) in [6, 6.07) is 4.33. The van der Waals surface area contributed by atoms with Crippen molar-refractivity contribution in [2.45, 2.75) is 31.8 Å². The molecule has 0 radical (unpaired) electrons. The predicted octanol–water partition coefficient (Wildman–Crippen LogP) is 4.48. The minimum atomic E-state index is 0.148. The molecule has 1 unspecified atom stereocenters. The highest BCUT2D eigenvalue weighted by molar-refractivity contribution is 6.48. The predicted molar refractivity (Wildman–Crippen MR) is 76.9 cm³/mol. The first-order chi connectivity index (χ1) is 8.59. The van der Waals surface area contributed by atoms with Crippen LogP contribution in [0.2, 0.25) is 15.1 Å². The maximum absolute atomic E-state index is 6.23. The lowest BCUT2D eigenvalue weighted by molar-refractivity contribution is 0.0754. The monoisotopic (exact) mass is 307 g/mol. The Labute approximate surface area is 123 Å². The third-order valence-corrected chi connectivity index (χ3v) is 4.55. The molecule has 1 aromatic rings. The number of benzene rings is 1. The van der Waals surface area contributed by atoms with E-state index in [1.165, 1.54) is 0 Å². The minimum Gasteiger partial charge on any atom is -0.381 e. The summed E-state index contributed by atoms with van der Waals surface area (Å²) >= 11 is 18.2. The van der Waals surface area contributed by atoms with Gasteiger partial charge in [-0.3, -0.25) is 0 Å². The highest BCUT2D eigenvalue weighted by Crippen LogP contribution is 2.35. The molecule has 1 heterocycles. The molecule has 0 aliphatic carbocycles. The molecule has 1 N–H and O–H groups in total. The van der Waals surface area contributed by atoms with Gasteiger partial charge in [-0.2, -0.15) is 0 Å². The summed E-state index contributed by atoms with van der Waals surface area (Å²) in [5, 5.41) is 5.01. The van der Waals surface area contributed by atoms with Crippen LogP contribution in [0, 0.1) is 0 Å². The van der Waals surface area contributed by atoms with Crippen LogP contribution in [0.15, 0.2) is 12.1 Å². The second kappa shape index (κ2) is 6.44. The molecule has 100 valence electrons. The van der Waals surface area contributed by atoms with E-state index in [9.17, 15) is 0 Å². The lowest BCUT2D eigenvalue weighted by Crippen LogP contribution is -2.36. The zero-order valence-corrected chi connectivity index (χ0v) is 12.4. The van der Waals surface area contributed by atoms with E-state index in [4.69, 9.17) is 39.5 Å². The molecule has 18 heavy (non-hydrogen) atoms. The van der Waals surface area contributed by atoms with Gasteiger partial charge in [0.25, 0.3) is 0 Å². The fourth-order valence-electron chi connectivity index (χ4n) is 2.18. The van der Waals surface area contributed by atoms with Crippen LogP contribution in [0.3, 0.4) is 0 Å². The molecule has 0 amide bonds. The molecule has 0 bridgehead atoms. The molecule has 2 nitrogen and oxygen atoms in total. The Morgan fingerprint density at radius 3 is 2.50 bits per heavy atom. The second-order valence-electron chi connectivity index (χ2n) is 4.54. The second-order valence-corrected chi connectivity index (χ2v) is 5.70. The highest BCUT2D eigenvalue weighted by atomic mass is 35.5. The van der Waals surface area contributed by atoms with Gasteiger partial charge in [-0.1, -0.05) is 40.9 Å². The Kier molecular flexibility index (Phi) is 5.16. The summed E-state index contributed by atoms with van der Waals surface area (Å²) in [5.74, 6) is 0. The number of nitrogens with one attached hydrogen (secondary N) is 1. The van der Waals surface area contributed by atoms with E-state index < -0.39 is 0 Å². The van der Waals surface area contributed by atoms with Crippen molar-refractivity contribution in [2.75, 3.05) is 13.2 Å². The molecule has 1 fully saturated rings. The number of halogens is 3. The van der Waals surface area contributed by atoms with Crippen LogP contribution in [0.4, 0.5) is 0 Å². The minimum absolute atomic E-state index is 0.148. The third-order valence-electron chi connectivity index (χ3n) is 3.24. The molecule has 1 aliphatic rings. The normalized spacial score (nSPS) is 18.9. The lowest BCUT2D eigenvalue weighted by atomic mass is 10.0. The summed E-state index contributed by atoms with van der Waals surface area (Å²) in [4.78, 5) is 0. The number of hydrogen-bond donors (Lipinski definition) is 1. The van der Waals surface area contributed by atoms with Crippen LogP contribution in [0.5, 0.6) is 0 Å². The van der Waals surface area contributed by atoms with Crippen LogP contribution in [0.1, 0.15) is 31.4 Å². The quantitative estimate of drug-likeness (QED) is 0.832. The third kappa shape index (κ3) is 3.31. The molecule has 1 saturated heterocycles. The van der Waals surface area contributed by atoms with Crippen LogP contribution < -0.4 is 5.32 Å². The van der Waals surface area contributed by atoms with Crippen molar-refractivity contribution in [3.05, 3.63) is 32.8 Å². The topological polar surface area (TPSA) is 21.3 Å². The molecule has 1 aromatic carbocycles. The average molecular weight is 309 g/mol. The Morgan fingerprint density at radius 1 is 1.17 bits per heavy atom. The van der Waals surface area contributed by atoms with Crippen molar-refractivity contribution in [2.24, 2.45) is 0 Å². The van der Waals surface area contributed by atoms with Gasteiger partial charge in [0.1, 0.15) is 0 Å². The standard InChI is InChI=1S/C13H16Cl3NO/c1-8(17-9-4-6-18-7-5-9)10-2-3-11(14)13(16)12(10)15/h2-3,8-9,17H,4-7H2,1H3. The zero-order valence-electron chi connectivity index (χ0n) is 10.2. The van der Waals surface area contributed by atoms with Crippen LogP contribution in [-0.2, 0) is 4.74 Å². The fourth-order valence-corrected chi connectivity index (χ4v) is 2.89. The van der Waals surface area contributed by atoms with Gasteiger partial charge >= 0.3 is 0 Å². The molecule has 0 aromatic heterocycles. The smallest absolute Gasteiger partial charge is 0.0781 e. The van der Waals surface area contributed by atoms with E-state index in [1.807, 2.05) is 6.07 Å². The first-order valence-electron chi connectivity index (χ1n) is 6.06. The molecule has 1 aliphatic heterocycles. The summed E-state index contributed by atoms with van der Waals surface area (Å²) in [7, 11) is 0. The molecule has 0 saturated carbocycles. The van der Waals surface area contributed by atoms with Crippen molar-refractivity contribution < 1.29 is 4.74 Å². The Morgan fingerprint density at radius 2 is 1.83 bits per heavy atom. The Balaban J connectivity index is 2.08. The number of rotatable bonds is 3. The maximum atomic E-state index is 6.23. The van der Waals surface area contributed by atoms with Gasteiger partial charge in [-0.25, -0.2) is 0 Å². The molecule has 1 atom stereocenters. The molecular formula is C13H16Cl3NO. The van der Waals surface area contributed by atoms with Crippen molar-refractivity contribution >= 4 is 34.8 Å². The van der Waals surface area contributed by atoms with Crippen LogP contribution in [0.25, 0.3) is 0 Å². The van der Waals surface area contributed by atoms with Gasteiger partial charge in [0, 0.05) is 25.3 Å². The molecular weight excluding hydrogens is 293 g/mol. The van der Waals surface area contributed by atoms with Gasteiger partial charge < -0.3 is 10.1 Å². The van der Waals surface area contributed by atoms with Crippen LogP contribution >= 0.6 is 34.8 Å². The summed E-state index contributed by atoms with van der Waals surface area (Å²) in [6.07, 6.45) is 2.06. The maximum Gasteiger partial charge on any atom is 0.0781 e. The lowest BCUT2D eigenvalue weighted by Gasteiger charge is -2.27. The van der Waals surface area contributed by atoms with E-state index in [0.29, 0.717) is 21.1 Å². The van der Waals surface area contributed by atoms with Gasteiger partial charge in [-0.05, 0) is 31.4 Å². The first kappa shape index (κ1) is 14.4. The van der Waals surface area contributed by atoms with E-state index in [-0.39, 0.29) is 6.04 Å². The van der Waals surface area contributed by atoms with E-state index in [1.54, 1.807) is 6.07 Å². The first-order valence-corrected chi connectivity index (χ1v) is 7.20. The SMILES string of the molecule is CC(NC1CCOCC1)c1ccc(Cl)c(Cl)c1Cl. The van der Waals surface area contributed by atoms with E-state index in [2.05, 4.69) is 12.2 Å². The van der Waals surface area contributed by atoms with Crippen LogP contribution in [-0.4, -0.2) is 19.3 Å². The zero-order chi connectivity index (χ0) is 13.1. The number of hydrogen-bond acceptors (Lipinski definition) is 2. The molecule has 0 spiro atoms. The van der Waals surface area contributed by atoms with Gasteiger partial charge in [0.2, 0.25) is 0 Å². The Hall–Kier alpha value is 0.01000. The van der Waals surface area contributed by atoms with Crippen molar-refractivity contribution in [1.29, 1.82) is 0 Å². The largest absolute Gasteiger partial charge is 0.381 e. The number of ether oxygens (including phenoxy) is 1. The summed E-state index contributed by atoms with van der Waals surface area (Å²) < 4.78 is 5.34.